The Kier molecular flexibility index (Phi) is 6.25. The number of rotatable bonds is 7. The lowest BCUT2D eigenvalue weighted by atomic mass is 10.1. The number of nitrogens with one attached hydrogen (secondary N) is 1. The van der Waals surface area contributed by atoms with Crippen LogP contribution < -0.4 is 5.32 Å². The number of carboxylic acids is 1. The molecule has 0 aliphatic rings. The molecule has 1 rings (SSSR count). The molecule has 0 aromatic heterocycles. The van der Waals surface area contributed by atoms with Gasteiger partial charge < -0.3 is 9.84 Å². The van der Waals surface area contributed by atoms with Gasteiger partial charge in [-0.25, -0.2) is 9.59 Å². The Bertz CT molecular complexity index is 532. The zero-order valence-corrected chi connectivity index (χ0v) is 11.3. The average Bonchev–Trinajstić information content (AvgIpc) is 2.42. The molecule has 0 spiro atoms. The van der Waals surface area contributed by atoms with E-state index in [1.807, 2.05) is 0 Å². The van der Waals surface area contributed by atoms with Gasteiger partial charge in [0.25, 0.3) is 0 Å². The standard InChI is InChI=1S/C11H13NO7S/c1-18-11(15)9-3-7(2-8(4-9)10(13)14)5-12-6-19-20(16)17/h2-4,12H,5-6H2,1H3,(H,13,14)(H,16,17). The number of methoxy groups -OCH3 is 1. The molecule has 0 saturated heterocycles. The van der Waals surface area contributed by atoms with E-state index in [4.69, 9.17) is 9.66 Å². The molecule has 9 heteroatoms. The van der Waals surface area contributed by atoms with Crippen molar-refractivity contribution in [3.8, 4) is 0 Å². The molecule has 8 nitrogen and oxygen atoms in total. The number of esters is 1. The van der Waals surface area contributed by atoms with Gasteiger partial charge in [0, 0.05) is 6.54 Å². The van der Waals surface area contributed by atoms with Gasteiger partial charge in [-0.2, -0.15) is 4.21 Å². The van der Waals surface area contributed by atoms with Crippen LogP contribution in [0.15, 0.2) is 18.2 Å². The third-order valence-electron chi connectivity index (χ3n) is 2.25. The number of carbonyl (C=O) groups is 2. The van der Waals surface area contributed by atoms with Crippen LogP contribution in [0, 0.1) is 0 Å². The van der Waals surface area contributed by atoms with Gasteiger partial charge in [0.2, 0.25) is 0 Å². The molecule has 0 bridgehead atoms. The molecule has 20 heavy (non-hydrogen) atoms. The van der Waals surface area contributed by atoms with E-state index < -0.39 is 23.3 Å². The molecule has 0 fully saturated rings. The predicted molar refractivity (Wildman–Crippen MR) is 68.3 cm³/mol. The van der Waals surface area contributed by atoms with E-state index in [0.29, 0.717) is 5.56 Å². The first-order chi connectivity index (χ1) is 9.43. The smallest absolute Gasteiger partial charge is 0.337 e. The Labute approximate surface area is 117 Å². The van der Waals surface area contributed by atoms with Crippen LogP contribution >= 0.6 is 0 Å². The van der Waals surface area contributed by atoms with E-state index in [9.17, 15) is 13.8 Å². The average molecular weight is 303 g/mol. The van der Waals surface area contributed by atoms with E-state index in [1.165, 1.54) is 25.3 Å². The molecular weight excluding hydrogens is 290 g/mol. The van der Waals surface area contributed by atoms with Crippen LogP contribution in [-0.4, -0.2) is 39.6 Å². The van der Waals surface area contributed by atoms with E-state index >= 15 is 0 Å². The van der Waals surface area contributed by atoms with Crippen molar-refractivity contribution in [2.75, 3.05) is 13.8 Å². The Balaban J connectivity index is 2.83. The maximum atomic E-state index is 11.4. The fourth-order valence-corrected chi connectivity index (χ4v) is 1.62. The summed E-state index contributed by atoms with van der Waals surface area (Å²) in [5.41, 5.74) is 0.546. The van der Waals surface area contributed by atoms with E-state index in [2.05, 4.69) is 14.2 Å². The minimum Gasteiger partial charge on any atom is -0.478 e. The van der Waals surface area contributed by atoms with Crippen LogP contribution in [0.5, 0.6) is 0 Å². The highest BCUT2D eigenvalue weighted by Crippen LogP contribution is 2.12. The number of ether oxygens (including phenoxy) is 1. The van der Waals surface area contributed by atoms with Crippen molar-refractivity contribution in [3.63, 3.8) is 0 Å². The van der Waals surface area contributed by atoms with Crippen molar-refractivity contribution in [2.24, 2.45) is 0 Å². The van der Waals surface area contributed by atoms with E-state index in [-0.39, 0.29) is 24.4 Å². The zero-order chi connectivity index (χ0) is 15.1. The van der Waals surface area contributed by atoms with Gasteiger partial charge >= 0.3 is 23.3 Å². The van der Waals surface area contributed by atoms with Crippen molar-refractivity contribution in [3.05, 3.63) is 34.9 Å². The Morgan fingerprint density at radius 1 is 1.30 bits per heavy atom. The lowest BCUT2D eigenvalue weighted by Crippen LogP contribution is -2.19. The molecule has 0 saturated carbocycles. The maximum absolute atomic E-state index is 11.4. The topological polar surface area (TPSA) is 122 Å². The van der Waals surface area contributed by atoms with Crippen molar-refractivity contribution < 1.29 is 32.4 Å². The van der Waals surface area contributed by atoms with Gasteiger partial charge in [0.05, 0.1) is 18.2 Å². The minimum atomic E-state index is -2.38. The molecule has 0 amide bonds. The third-order valence-corrected chi connectivity index (χ3v) is 2.57. The SMILES string of the molecule is COC(=O)c1cc(CNCOS(=O)O)cc(C(=O)O)c1. The molecule has 0 aliphatic heterocycles. The molecule has 1 aromatic rings. The number of carboxylic acid groups (broad SMARTS) is 1. The number of benzene rings is 1. The molecule has 0 heterocycles. The first-order valence-electron chi connectivity index (χ1n) is 5.34. The van der Waals surface area contributed by atoms with Gasteiger partial charge in [-0.15, -0.1) is 0 Å². The molecule has 1 atom stereocenters. The summed E-state index contributed by atoms with van der Waals surface area (Å²) in [6.07, 6.45) is 0. The van der Waals surface area contributed by atoms with Crippen molar-refractivity contribution in [1.82, 2.24) is 5.32 Å². The van der Waals surface area contributed by atoms with Crippen molar-refractivity contribution >= 4 is 23.3 Å². The third kappa shape index (κ3) is 5.05. The summed E-state index contributed by atoms with van der Waals surface area (Å²) in [7, 11) is 1.19. The van der Waals surface area contributed by atoms with Gasteiger partial charge in [0.1, 0.15) is 6.73 Å². The predicted octanol–water partition coefficient (Wildman–Crippen LogP) is 0.372. The summed E-state index contributed by atoms with van der Waals surface area (Å²) in [4.78, 5) is 22.4. The van der Waals surface area contributed by atoms with Crippen molar-refractivity contribution in [1.29, 1.82) is 0 Å². The maximum Gasteiger partial charge on any atom is 0.337 e. The van der Waals surface area contributed by atoms with Gasteiger partial charge in [0.15, 0.2) is 0 Å². The minimum absolute atomic E-state index is 0.0589. The number of aromatic carboxylic acids is 1. The summed E-state index contributed by atoms with van der Waals surface area (Å²) in [6, 6.07) is 4.04. The molecule has 1 aromatic carbocycles. The lowest BCUT2D eigenvalue weighted by Gasteiger charge is -2.07. The number of carbonyl (C=O) groups excluding carboxylic acids is 1. The highest BCUT2D eigenvalue weighted by molar-refractivity contribution is 7.74. The molecule has 0 aliphatic carbocycles. The molecule has 0 radical (unpaired) electrons. The van der Waals surface area contributed by atoms with Crippen LogP contribution in [0.1, 0.15) is 26.3 Å². The fourth-order valence-electron chi connectivity index (χ4n) is 1.44. The first kappa shape index (κ1) is 16.2. The van der Waals surface area contributed by atoms with Crippen LogP contribution in [-0.2, 0) is 26.8 Å². The molecule has 1 unspecified atom stereocenters. The van der Waals surface area contributed by atoms with Crippen molar-refractivity contribution in [2.45, 2.75) is 6.54 Å². The molecule has 3 N–H and O–H groups in total. The van der Waals surface area contributed by atoms with Crippen LogP contribution in [0.3, 0.4) is 0 Å². The monoisotopic (exact) mass is 303 g/mol. The first-order valence-corrected chi connectivity index (χ1v) is 6.37. The Hall–Kier alpha value is -1.81. The Morgan fingerprint density at radius 2 is 1.95 bits per heavy atom. The summed E-state index contributed by atoms with van der Waals surface area (Å²) >= 11 is -2.38. The summed E-state index contributed by atoms with van der Waals surface area (Å²) in [6.45, 7) is -0.0454. The van der Waals surface area contributed by atoms with E-state index in [1.54, 1.807) is 0 Å². The number of hydrogen-bond donors (Lipinski definition) is 3. The Morgan fingerprint density at radius 3 is 2.50 bits per heavy atom. The van der Waals surface area contributed by atoms with Gasteiger partial charge in [-0.05, 0) is 23.8 Å². The van der Waals surface area contributed by atoms with E-state index in [0.717, 1.165) is 0 Å². The van der Waals surface area contributed by atoms with Gasteiger partial charge in [-0.3, -0.25) is 14.1 Å². The fraction of sp³-hybridized carbons (Fsp3) is 0.273. The van der Waals surface area contributed by atoms with Crippen LogP contribution in [0.4, 0.5) is 0 Å². The largest absolute Gasteiger partial charge is 0.478 e. The number of hydrogen-bond acceptors (Lipinski definition) is 6. The normalized spacial score (nSPS) is 11.9. The second-order valence-corrected chi connectivity index (χ2v) is 4.29. The molecular formula is C11H13NO7S. The quantitative estimate of drug-likeness (QED) is 0.286. The zero-order valence-electron chi connectivity index (χ0n) is 10.5. The van der Waals surface area contributed by atoms with Gasteiger partial charge in [-0.1, -0.05) is 0 Å². The second kappa shape index (κ2) is 7.70. The molecule has 110 valence electrons. The highest BCUT2D eigenvalue weighted by atomic mass is 32.2. The summed E-state index contributed by atoms with van der Waals surface area (Å²) < 4.78 is 27.5. The second-order valence-electron chi connectivity index (χ2n) is 3.62. The summed E-state index contributed by atoms with van der Waals surface area (Å²) in [5.74, 6) is -1.83. The van der Waals surface area contributed by atoms with Crippen LogP contribution in [0.25, 0.3) is 0 Å². The lowest BCUT2D eigenvalue weighted by molar-refractivity contribution is 0.0600. The highest BCUT2D eigenvalue weighted by Gasteiger charge is 2.12. The van der Waals surface area contributed by atoms with Crippen LogP contribution in [0.2, 0.25) is 0 Å². The summed E-state index contributed by atoms with van der Waals surface area (Å²) in [5, 5.41) is 11.6.